The number of carbonyl (C=O) groups is 1. The monoisotopic (exact) mass is 327 g/mol. The van der Waals surface area contributed by atoms with Crippen LogP contribution in [0.3, 0.4) is 0 Å². The van der Waals surface area contributed by atoms with E-state index in [9.17, 15) is 9.59 Å². The zero-order valence-electron chi connectivity index (χ0n) is 12.1. The molecule has 0 bridgehead atoms. The number of fused-ring (bicyclic) bond motifs is 1. The van der Waals surface area contributed by atoms with E-state index < -0.39 is 0 Å². The Hall–Kier alpha value is -1.54. The Labute approximate surface area is 130 Å². The number of aryl methyl sites for hydroxylation is 1. The molecule has 2 aliphatic heterocycles. The van der Waals surface area contributed by atoms with Gasteiger partial charge in [-0.1, -0.05) is 0 Å². The number of ether oxygens (including phenoxy) is 1. The van der Waals surface area contributed by atoms with Crippen molar-refractivity contribution in [1.82, 2.24) is 9.55 Å². The standard InChI is InChI=1S/C13H17N3O3S2/c1-4-19-9(17)5-6-20-12-10-11(14)15-13(18)16(10)7(2)8(3)21-12/h4-6H2,1-3H3,(H2,14,15,18). The molecule has 0 radical (unpaired) electrons. The van der Waals surface area contributed by atoms with Crippen LogP contribution in [0.1, 0.15) is 23.9 Å². The Bertz CT molecular complexity index is 693. The molecule has 0 aromatic carbocycles. The first-order valence-electron chi connectivity index (χ1n) is 6.52. The molecule has 21 heavy (non-hydrogen) atoms. The number of aromatic nitrogens is 2. The SMILES string of the molecule is CCOC(=O)CCSc1sc(C)c(C)n2c(=O)nc(N)c1-2. The molecule has 0 saturated heterocycles. The molecule has 2 aliphatic rings. The van der Waals surface area contributed by atoms with Crippen molar-refractivity contribution in [3.63, 3.8) is 0 Å². The minimum Gasteiger partial charge on any atom is -0.466 e. The van der Waals surface area contributed by atoms with E-state index in [-0.39, 0.29) is 17.5 Å². The summed E-state index contributed by atoms with van der Waals surface area (Å²) in [5.41, 5.74) is 6.97. The first-order valence-corrected chi connectivity index (χ1v) is 8.32. The van der Waals surface area contributed by atoms with Gasteiger partial charge in [-0.05, 0) is 20.8 Å². The van der Waals surface area contributed by atoms with Crippen LogP contribution in [0.5, 0.6) is 0 Å². The van der Waals surface area contributed by atoms with Gasteiger partial charge in [0, 0.05) is 16.3 Å². The number of carbonyl (C=O) groups excluding carboxylic acids is 1. The third kappa shape index (κ3) is 3.21. The van der Waals surface area contributed by atoms with Crippen molar-refractivity contribution >= 4 is 34.9 Å². The van der Waals surface area contributed by atoms with Gasteiger partial charge >= 0.3 is 11.7 Å². The molecule has 0 saturated carbocycles. The summed E-state index contributed by atoms with van der Waals surface area (Å²) >= 11 is 3.05. The van der Waals surface area contributed by atoms with Gasteiger partial charge in [0.05, 0.1) is 17.2 Å². The number of esters is 1. The topological polar surface area (TPSA) is 87.2 Å². The molecule has 2 heterocycles. The average Bonchev–Trinajstić information content (AvgIpc) is 2.71. The van der Waals surface area contributed by atoms with E-state index in [0.717, 1.165) is 14.8 Å². The first kappa shape index (κ1) is 15.8. The fourth-order valence-corrected chi connectivity index (χ4v) is 4.36. The van der Waals surface area contributed by atoms with Crippen LogP contribution in [-0.4, -0.2) is 27.9 Å². The smallest absolute Gasteiger partial charge is 0.354 e. The molecule has 0 aromatic rings. The Morgan fingerprint density at radius 3 is 2.86 bits per heavy atom. The van der Waals surface area contributed by atoms with Crippen LogP contribution < -0.4 is 11.4 Å². The van der Waals surface area contributed by atoms with Gasteiger partial charge in [-0.2, -0.15) is 4.98 Å². The normalized spacial score (nSPS) is 11.0. The van der Waals surface area contributed by atoms with Gasteiger partial charge in [-0.15, -0.1) is 23.1 Å². The van der Waals surface area contributed by atoms with Crippen molar-refractivity contribution in [3.8, 4) is 5.69 Å². The van der Waals surface area contributed by atoms with E-state index in [0.29, 0.717) is 24.5 Å². The molecule has 114 valence electrons. The molecule has 8 heteroatoms. The lowest BCUT2D eigenvalue weighted by molar-refractivity contribution is -0.142. The van der Waals surface area contributed by atoms with E-state index in [4.69, 9.17) is 10.5 Å². The fourth-order valence-electron chi connectivity index (χ4n) is 1.90. The fraction of sp³-hybridized carbons (Fsp3) is 0.462. The molecule has 2 N–H and O–H groups in total. The van der Waals surface area contributed by atoms with E-state index in [1.165, 1.54) is 16.3 Å². The van der Waals surface area contributed by atoms with Gasteiger partial charge < -0.3 is 10.5 Å². The summed E-state index contributed by atoms with van der Waals surface area (Å²) in [6.07, 6.45) is 0.322. The zero-order chi connectivity index (χ0) is 15.6. The zero-order valence-corrected chi connectivity index (χ0v) is 13.8. The van der Waals surface area contributed by atoms with Crippen molar-refractivity contribution < 1.29 is 9.53 Å². The van der Waals surface area contributed by atoms with E-state index in [1.54, 1.807) is 18.3 Å². The quantitative estimate of drug-likeness (QED) is 0.667. The highest BCUT2D eigenvalue weighted by Gasteiger charge is 2.21. The van der Waals surface area contributed by atoms with Crippen LogP contribution in [-0.2, 0) is 9.53 Å². The Kier molecular flexibility index (Phi) is 4.89. The summed E-state index contributed by atoms with van der Waals surface area (Å²) in [5.74, 6) is 0.589. The summed E-state index contributed by atoms with van der Waals surface area (Å²) in [6, 6.07) is 0. The Balaban J connectivity index is 2.26. The van der Waals surface area contributed by atoms with Crippen molar-refractivity contribution in [2.24, 2.45) is 0 Å². The van der Waals surface area contributed by atoms with Crippen LogP contribution in [0.15, 0.2) is 9.00 Å². The molecule has 0 spiro atoms. The predicted octanol–water partition coefficient (Wildman–Crippen LogP) is 1.98. The number of thioether (sulfide) groups is 1. The number of rotatable bonds is 5. The second-order valence-electron chi connectivity index (χ2n) is 4.40. The van der Waals surface area contributed by atoms with Crippen LogP contribution in [0.2, 0.25) is 0 Å². The maximum absolute atomic E-state index is 11.9. The molecule has 6 nitrogen and oxygen atoms in total. The van der Waals surface area contributed by atoms with Gasteiger partial charge in [0.1, 0.15) is 5.69 Å². The molecule has 0 aromatic heterocycles. The van der Waals surface area contributed by atoms with Crippen LogP contribution in [0, 0.1) is 13.8 Å². The van der Waals surface area contributed by atoms with Crippen molar-refractivity contribution in [2.45, 2.75) is 31.4 Å². The van der Waals surface area contributed by atoms with Gasteiger partial charge in [0.15, 0.2) is 5.82 Å². The molecule has 0 aliphatic carbocycles. The number of imidazole rings is 1. The number of nitrogens with zero attached hydrogens (tertiary/aromatic N) is 2. The minimum absolute atomic E-state index is 0.221. The Morgan fingerprint density at radius 2 is 2.19 bits per heavy atom. The predicted molar refractivity (Wildman–Crippen MR) is 84.8 cm³/mol. The second kappa shape index (κ2) is 6.48. The highest BCUT2D eigenvalue weighted by Crippen LogP contribution is 2.36. The van der Waals surface area contributed by atoms with Crippen LogP contribution in [0.4, 0.5) is 5.82 Å². The van der Waals surface area contributed by atoms with E-state index >= 15 is 0 Å². The van der Waals surface area contributed by atoms with Gasteiger partial charge in [-0.3, -0.25) is 9.36 Å². The second-order valence-corrected chi connectivity index (χ2v) is 6.99. The van der Waals surface area contributed by atoms with Crippen LogP contribution in [0.25, 0.3) is 5.69 Å². The van der Waals surface area contributed by atoms with E-state index in [1.807, 2.05) is 13.8 Å². The Morgan fingerprint density at radius 1 is 1.48 bits per heavy atom. The summed E-state index contributed by atoms with van der Waals surface area (Å²) in [7, 11) is 0. The minimum atomic E-state index is -0.358. The van der Waals surface area contributed by atoms with Gasteiger partial charge in [0.25, 0.3) is 0 Å². The highest BCUT2D eigenvalue weighted by molar-refractivity contribution is 8.01. The summed E-state index contributed by atoms with van der Waals surface area (Å²) in [5, 5.41) is 0. The number of hydrogen-bond donors (Lipinski definition) is 1. The number of hydrogen-bond acceptors (Lipinski definition) is 7. The van der Waals surface area contributed by atoms with Crippen LogP contribution >= 0.6 is 23.1 Å². The third-order valence-electron chi connectivity index (χ3n) is 3.00. The molecular weight excluding hydrogens is 310 g/mol. The first-order chi connectivity index (χ1) is 9.95. The number of anilines is 1. The molecular formula is C13H17N3O3S2. The summed E-state index contributed by atoms with van der Waals surface area (Å²) < 4.78 is 7.33. The van der Waals surface area contributed by atoms with Crippen molar-refractivity contribution in [2.75, 3.05) is 18.1 Å². The summed E-state index contributed by atoms with van der Waals surface area (Å²) in [6.45, 7) is 5.98. The molecule has 0 unspecified atom stereocenters. The molecule has 2 rings (SSSR count). The van der Waals surface area contributed by atoms with E-state index in [2.05, 4.69) is 4.98 Å². The molecule has 0 atom stereocenters. The maximum Gasteiger partial charge on any atom is 0.354 e. The largest absolute Gasteiger partial charge is 0.466 e. The highest BCUT2D eigenvalue weighted by atomic mass is 32.2. The number of nitrogen functional groups attached to an aromatic ring is 1. The lowest BCUT2D eigenvalue weighted by Crippen LogP contribution is -2.17. The van der Waals surface area contributed by atoms with Crippen molar-refractivity contribution in [1.29, 1.82) is 0 Å². The van der Waals surface area contributed by atoms with Gasteiger partial charge in [-0.25, -0.2) is 4.79 Å². The molecule has 0 fully saturated rings. The summed E-state index contributed by atoms with van der Waals surface area (Å²) in [4.78, 5) is 28.1. The van der Waals surface area contributed by atoms with Gasteiger partial charge in [0.2, 0.25) is 0 Å². The van der Waals surface area contributed by atoms with Crippen molar-refractivity contribution in [3.05, 3.63) is 21.1 Å². The lowest BCUT2D eigenvalue weighted by atomic mass is 10.4. The maximum atomic E-state index is 11.9. The number of nitrogens with two attached hydrogens (primary N) is 1. The lowest BCUT2D eigenvalue weighted by Gasteiger charge is -2.14. The average molecular weight is 327 g/mol. The molecule has 0 amide bonds. The third-order valence-corrected chi connectivity index (χ3v) is 5.45.